The van der Waals surface area contributed by atoms with E-state index < -0.39 is 5.60 Å². The standard InChI is InChI=1S/C8H9BrO/c9-7-5-6(7)8(10)3-1-2-4-8/h1,3,5,7,10H,2,4H2. The Balaban J connectivity index is 2.16. The van der Waals surface area contributed by atoms with E-state index in [2.05, 4.69) is 22.0 Å². The molecule has 0 heterocycles. The van der Waals surface area contributed by atoms with Gasteiger partial charge in [0, 0.05) is 0 Å². The molecule has 0 aliphatic heterocycles. The Bertz CT molecular complexity index is 219. The molecule has 0 saturated carbocycles. The van der Waals surface area contributed by atoms with Gasteiger partial charge >= 0.3 is 0 Å². The highest BCUT2D eigenvalue weighted by Crippen LogP contribution is 2.43. The Morgan fingerprint density at radius 2 is 2.40 bits per heavy atom. The van der Waals surface area contributed by atoms with E-state index in [-0.39, 0.29) is 0 Å². The Kier molecular flexibility index (Phi) is 1.29. The van der Waals surface area contributed by atoms with Crippen LogP contribution in [-0.4, -0.2) is 15.5 Å². The van der Waals surface area contributed by atoms with E-state index in [1.54, 1.807) is 0 Å². The quantitative estimate of drug-likeness (QED) is 0.506. The first-order valence-electron chi connectivity index (χ1n) is 3.49. The monoisotopic (exact) mass is 200 g/mol. The number of rotatable bonds is 1. The van der Waals surface area contributed by atoms with Gasteiger partial charge in [0.05, 0.1) is 4.83 Å². The van der Waals surface area contributed by atoms with Crippen molar-refractivity contribution >= 4 is 15.9 Å². The van der Waals surface area contributed by atoms with E-state index in [0.29, 0.717) is 4.83 Å². The highest BCUT2D eigenvalue weighted by molar-refractivity contribution is 9.10. The molecule has 2 atom stereocenters. The van der Waals surface area contributed by atoms with Crippen molar-refractivity contribution in [1.82, 2.24) is 0 Å². The summed E-state index contributed by atoms with van der Waals surface area (Å²) >= 11 is 3.41. The van der Waals surface area contributed by atoms with Crippen molar-refractivity contribution in [2.24, 2.45) is 0 Å². The average Bonchev–Trinajstić information content (AvgIpc) is 2.44. The van der Waals surface area contributed by atoms with Crippen LogP contribution in [0, 0.1) is 0 Å². The van der Waals surface area contributed by atoms with E-state index in [1.165, 1.54) is 0 Å². The smallest absolute Gasteiger partial charge is 0.105 e. The van der Waals surface area contributed by atoms with Crippen molar-refractivity contribution in [2.75, 3.05) is 0 Å². The fourth-order valence-electron chi connectivity index (χ4n) is 1.40. The van der Waals surface area contributed by atoms with Crippen molar-refractivity contribution in [3.05, 3.63) is 23.8 Å². The maximum atomic E-state index is 9.82. The molecule has 0 aromatic heterocycles. The van der Waals surface area contributed by atoms with Crippen molar-refractivity contribution < 1.29 is 5.11 Å². The van der Waals surface area contributed by atoms with Crippen LogP contribution in [0.25, 0.3) is 0 Å². The second-order valence-electron chi connectivity index (χ2n) is 2.89. The molecule has 2 rings (SSSR count). The van der Waals surface area contributed by atoms with E-state index in [1.807, 2.05) is 12.2 Å². The lowest BCUT2D eigenvalue weighted by Gasteiger charge is -2.16. The van der Waals surface area contributed by atoms with Gasteiger partial charge in [0.1, 0.15) is 5.60 Å². The Morgan fingerprint density at radius 3 is 2.80 bits per heavy atom. The van der Waals surface area contributed by atoms with Crippen LogP contribution in [-0.2, 0) is 0 Å². The first kappa shape index (κ1) is 6.62. The third-order valence-electron chi connectivity index (χ3n) is 2.10. The van der Waals surface area contributed by atoms with Crippen LogP contribution < -0.4 is 0 Å². The molecule has 2 unspecified atom stereocenters. The minimum absolute atomic E-state index is 0.361. The lowest BCUT2D eigenvalue weighted by molar-refractivity contribution is 0.134. The third kappa shape index (κ3) is 0.867. The summed E-state index contributed by atoms with van der Waals surface area (Å²) < 4.78 is 0. The Labute approximate surface area is 68.6 Å². The SMILES string of the molecule is OC1(C2=CC2Br)C=CCC1. The van der Waals surface area contributed by atoms with Gasteiger partial charge in [-0.3, -0.25) is 0 Å². The summed E-state index contributed by atoms with van der Waals surface area (Å²) in [6, 6.07) is 0. The molecule has 0 fully saturated rings. The lowest BCUT2D eigenvalue weighted by atomic mass is 10.0. The van der Waals surface area contributed by atoms with Gasteiger partial charge in [0.2, 0.25) is 0 Å². The maximum absolute atomic E-state index is 9.82. The van der Waals surface area contributed by atoms with Gasteiger partial charge in [0.15, 0.2) is 0 Å². The number of allylic oxidation sites excluding steroid dienone is 2. The number of hydrogen-bond donors (Lipinski definition) is 1. The molecule has 1 nitrogen and oxygen atoms in total. The van der Waals surface area contributed by atoms with Gasteiger partial charge in [-0.25, -0.2) is 0 Å². The zero-order valence-electron chi connectivity index (χ0n) is 5.55. The summed E-state index contributed by atoms with van der Waals surface area (Å²) in [4.78, 5) is 0.361. The zero-order chi connectivity index (χ0) is 7.19. The molecule has 1 N–H and O–H groups in total. The summed E-state index contributed by atoms with van der Waals surface area (Å²) in [6.45, 7) is 0. The number of alkyl halides is 1. The second-order valence-corrected chi connectivity index (χ2v) is 3.88. The first-order chi connectivity index (χ1) is 4.72. The van der Waals surface area contributed by atoms with Crippen LogP contribution in [0.2, 0.25) is 0 Å². The number of hydrogen-bond acceptors (Lipinski definition) is 1. The van der Waals surface area contributed by atoms with Crippen molar-refractivity contribution in [3.63, 3.8) is 0 Å². The van der Waals surface area contributed by atoms with Crippen LogP contribution >= 0.6 is 15.9 Å². The molecule has 0 aromatic carbocycles. The molecular weight excluding hydrogens is 192 g/mol. The summed E-state index contributed by atoms with van der Waals surface area (Å²) in [5.41, 5.74) is 0.551. The predicted molar refractivity (Wildman–Crippen MR) is 44.1 cm³/mol. The van der Waals surface area contributed by atoms with Gasteiger partial charge in [-0.15, -0.1) is 0 Å². The van der Waals surface area contributed by atoms with Gasteiger partial charge in [-0.2, -0.15) is 0 Å². The Morgan fingerprint density at radius 1 is 1.70 bits per heavy atom. The number of halogens is 1. The van der Waals surface area contributed by atoms with Gasteiger partial charge in [-0.1, -0.05) is 34.2 Å². The summed E-state index contributed by atoms with van der Waals surface area (Å²) in [5, 5.41) is 9.82. The van der Waals surface area contributed by atoms with Gasteiger partial charge < -0.3 is 5.11 Å². The van der Waals surface area contributed by atoms with E-state index >= 15 is 0 Å². The minimum atomic E-state index is -0.589. The molecule has 0 saturated heterocycles. The molecule has 2 aliphatic rings. The predicted octanol–water partition coefficient (Wildman–Crippen LogP) is 1.77. The van der Waals surface area contributed by atoms with Crippen LogP contribution in [0.3, 0.4) is 0 Å². The maximum Gasteiger partial charge on any atom is 0.105 e. The molecule has 0 amide bonds. The fraction of sp³-hybridized carbons (Fsp3) is 0.500. The normalized spacial score (nSPS) is 43.8. The molecule has 0 spiro atoms. The topological polar surface area (TPSA) is 20.2 Å². The Hall–Kier alpha value is -0.0800. The van der Waals surface area contributed by atoms with Gasteiger partial charge in [-0.05, 0) is 18.4 Å². The molecule has 54 valence electrons. The lowest BCUT2D eigenvalue weighted by Crippen LogP contribution is -2.22. The molecular formula is C8H9BrO. The van der Waals surface area contributed by atoms with Crippen LogP contribution in [0.1, 0.15) is 12.8 Å². The molecule has 0 aromatic rings. The highest BCUT2D eigenvalue weighted by atomic mass is 79.9. The third-order valence-corrected chi connectivity index (χ3v) is 2.86. The average molecular weight is 201 g/mol. The molecule has 0 bridgehead atoms. The van der Waals surface area contributed by atoms with Crippen molar-refractivity contribution in [2.45, 2.75) is 23.3 Å². The fourth-order valence-corrected chi connectivity index (χ4v) is 2.08. The van der Waals surface area contributed by atoms with Crippen molar-refractivity contribution in [3.8, 4) is 0 Å². The van der Waals surface area contributed by atoms with Gasteiger partial charge in [0.25, 0.3) is 0 Å². The first-order valence-corrected chi connectivity index (χ1v) is 4.40. The minimum Gasteiger partial charge on any atom is -0.381 e. The summed E-state index contributed by atoms with van der Waals surface area (Å²) in [7, 11) is 0. The summed E-state index contributed by atoms with van der Waals surface area (Å²) in [5.74, 6) is 0. The van der Waals surface area contributed by atoms with E-state index in [9.17, 15) is 5.11 Å². The van der Waals surface area contributed by atoms with Crippen LogP contribution in [0.5, 0.6) is 0 Å². The van der Waals surface area contributed by atoms with Crippen LogP contribution in [0.15, 0.2) is 23.8 Å². The van der Waals surface area contributed by atoms with Crippen LogP contribution in [0.4, 0.5) is 0 Å². The summed E-state index contributed by atoms with van der Waals surface area (Å²) in [6.07, 6.45) is 7.86. The molecule has 2 heteroatoms. The van der Waals surface area contributed by atoms with Crippen molar-refractivity contribution in [1.29, 1.82) is 0 Å². The molecule has 0 radical (unpaired) electrons. The highest BCUT2D eigenvalue weighted by Gasteiger charge is 2.40. The second kappa shape index (κ2) is 1.95. The largest absolute Gasteiger partial charge is 0.381 e. The van der Waals surface area contributed by atoms with E-state index in [4.69, 9.17) is 0 Å². The molecule has 2 aliphatic carbocycles. The molecule has 10 heavy (non-hydrogen) atoms. The number of aliphatic hydroxyl groups is 1. The zero-order valence-corrected chi connectivity index (χ0v) is 7.13. The van der Waals surface area contributed by atoms with E-state index in [0.717, 1.165) is 18.4 Å².